The average Bonchev–Trinajstić information content (AvgIpc) is 2.67. The predicted octanol–water partition coefficient (Wildman–Crippen LogP) is 6.84. The Morgan fingerprint density at radius 1 is 0.897 bits per heavy atom. The molecule has 29 heavy (non-hydrogen) atoms. The van der Waals surface area contributed by atoms with Crippen molar-refractivity contribution in [3.8, 4) is 0 Å². The highest BCUT2D eigenvalue weighted by atomic mass is 32.2. The molecule has 6 heteroatoms. The number of aliphatic carboxylic acids is 1. The summed E-state index contributed by atoms with van der Waals surface area (Å²) in [4.78, 5) is 23.9. The van der Waals surface area contributed by atoms with Crippen molar-refractivity contribution in [2.24, 2.45) is 0 Å². The maximum Gasteiger partial charge on any atom is 0.303 e. The van der Waals surface area contributed by atoms with Gasteiger partial charge in [-0.05, 0) is 48.2 Å². The maximum atomic E-state index is 12.2. The molecule has 0 radical (unpaired) electrons. The third-order valence-corrected chi connectivity index (χ3v) is 6.80. The van der Waals surface area contributed by atoms with Crippen molar-refractivity contribution in [3.63, 3.8) is 0 Å². The minimum Gasteiger partial charge on any atom is -0.481 e. The SMILES string of the molecule is CC(C)SCCCCCCCCCC(=O)Nc1ccccc1SCCCC(=O)O. The van der Waals surface area contributed by atoms with E-state index < -0.39 is 5.97 Å². The fourth-order valence-electron chi connectivity index (χ4n) is 2.90. The molecule has 0 saturated heterocycles. The molecule has 0 bridgehead atoms. The molecular formula is C23H37NO3S2. The third kappa shape index (κ3) is 14.5. The minimum absolute atomic E-state index is 0.0642. The van der Waals surface area contributed by atoms with Gasteiger partial charge < -0.3 is 10.4 Å². The number of amides is 1. The lowest BCUT2D eigenvalue weighted by Gasteiger charge is -2.10. The van der Waals surface area contributed by atoms with Crippen molar-refractivity contribution in [2.45, 2.75) is 88.2 Å². The fraction of sp³-hybridized carbons (Fsp3) is 0.652. The molecule has 0 fully saturated rings. The summed E-state index contributed by atoms with van der Waals surface area (Å²) in [5, 5.41) is 12.5. The van der Waals surface area contributed by atoms with Gasteiger partial charge in [0.15, 0.2) is 0 Å². The van der Waals surface area contributed by atoms with Crippen LogP contribution in [-0.4, -0.2) is 33.7 Å². The van der Waals surface area contributed by atoms with Crippen LogP contribution >= 0.6 is 23.5 Å². The van der Waals surface area contributed by atoms with Crippen molar-refractivity contribution in [3.05, 3.63) is 24.3 Å². The number of anilines is 1. The second kappa shape index (κ2) is 16.6. The summed E-state index contributed by atoms with van der Waals surface area (Å²) in [5.41, 5.74) is 0.831. The van der Waals surface area contributed by atoms with Crippen molar-refractivity contribution in [2.75, 3.05) is 16.8 Å². The quantitative estimate of drug-likeness (QED) is 0.205. The van der Waals surface area contributed by atoms with Crippen LogP contribution in [0, 0.1) is 0 Å². The van der Waals surface area contributed by atoms with E-state index >= 15 is 0 Å². The highest BCUT2D eigenvalue weighted by molar-refractivity contribution is 7.99. The molecule has 164 valence electrons. The number of hydrogen-bond donors (Lipinski definition) is 2. The Kier molecular flexibility index (Phi) is 14.9. The van der Waals surface area contributed by atoms with Crippen LogP contribution in [0.2, 0.25) is 0 Å². The second-order valence-electron chi connectivity index (χ2n) is 7.53. The molecule has 4 nitrogen and oxygen atoms in total. The molecule has 0 aliphatic carbocycles. The zero-order valence-corrected chi connectivity index (χ0v) is 19.6. The summed E-state index contributed by atoms with van der Waals surface area (Å²) in [6, 6.07) is 7.74. The Bertz CT molecular complexity index is 593. The average molecular weight is 440 g/mol. The van der Waals surface area contributed by atoms with Crippen LogP contribution in [0.25, 0.3) is 0 Å². The Labute approximate surface area is 185 Å². The van der Waals surface area contributed by atoms with Gasteiger partial charge in [0.05, 0.1) is 5.69 Å². The number of rotatable bonds is 17. The summed E-state index contributed by atoms with van der Waals surface area (Å²) in [7, 11) is 0. The molecule has 1 rings (SSSR count). The number of para-hydroxylation sites is 1. The summed E-state index contributed by atoms with van der Waals surface area (Å²) in [5.74, 6) is 1.30. The normalized spacial score (nSPS) is 11.0. The van der Waals surface area contributed by atoms with Crippen LogP contribution in [0.3, 0.4) is 0 Å². The Balaban J connectivity index is 2.13. The summed E-state index contributed by atoms with van der Waals surface area (Å²) < 4.78 is 0. The highest BCUT2D eigenvalue weighted by Crippen LogP contribution is 2.28. The van der Waals surface area contributed by atoms with E-state index in [-0.39, 0.29) is 12.3 Å². The molecule has 0 atom stereocenters. The van der Waals surface area contributed by atoms with Crippen LogP contribution < -0.4 is 5.32 Å². The number of hydrogen-bond acceptors (Lipinski definition) is 4. The molecule has 1 amide bonds. The monoisotopic (exact) mass is 439 g/mol. The molecule has 1 aromatic carbocycles. The summed E-state index contributed by atoms with van der Waals surface area (Å²) in [6.45, 7) is 4.50. The van der Waals surface area contributed by atoms with E-state index in [2.05, 4.69) is 19.2 Å². The van der Waals surface area contributed by atoms with Crippen LogP contribution in [0.5, 0.6) is 0 Å². The van der Waals surface area contributed by atoms with E-state index in [4.69, 9.17) is 5.11 Å². The Morgan fingerprint density at radius 2 is 1.55 bits per heavy atom. The number of carboxylic acid groups (broad SMARTS) is 1. The molecule has 2 N–H and O–H groups in total. The van der Waals surface area contributed by atoms with Crippen LogP contribution in [0.1, 0.15) is 78.1 Å². The molecule has 0 unspecified atom stereocenters. The first-order valence-electron chi connectivity index (χ1n) is 10.8. The van der Waals surface area contributed by atoms with Gasteiger partial charge in [-0.1, -0.05) is 58.1 Å². The first-order chi connectivity index (χ1) is 14.0. The first-order valence-corrected chi connectivity index (χ1v) is 12.9. The number of thioether (sulfide) groups is 2. The number of carbonyl (C=O) groups is 2. The minimum atomic E-state index is -0.766. The number of nitrogens with one attached hydrogen (secondary N) is 1. The van der Waals surface area contributed by atoms with Gasteiger partial charge in [-0.15, -0.1) is 11.8 Å². The zero-order chi connectivity index (χ0) is 21.3. The lowest BCUT2D eigenvalue weighted by atomic mass is 10.1. The molecule has 0 aliphatic heterocycles. The van der Waals surface area contributed by atoms with Gasteiger partial charge >= 0.3 is 5.97 Å². The van der Waals surface area contributed by atoms with Crippen molar-refractivity contribution < 1.29 is 14.7 Å². The first kappa shape index (κ1) is 25.9. The number of carboxylic acids is 1. The molecule has 0 heterocycles. The van der Waals surface area contributed by atoms with E-state index in [0.717, 1.165) is 34.4 Å². The van der Waals surface area contributed by atoms with Gasteiger partial charge in [-0.3, -0.25) is 9.59 Å². The highest BCUT2D eigenvalue weighted by Gasteiger charge is 2.07. The van der Waals surface area contributed by atoms with E-state index in [0.29, 0.717) is 12.8 Å². The zero-order valence-electron chi connectivity index (χ0n) is 18.0. The van der Waals surface area contributed by atoms with Crippen LogP contribution in [0.4, 0.5) is 5.69 Å². The molecule has 0 saturated carbocycles. The van der Waals surface area contributed by atoms with Gasteiger partial charge in [0.25, 0.3) is 0 Å². The Hall–Kier alpha value is -1.14. The molecular weight excluding hydrogens is 402 g/mol. The molecule has 0 aliphatic rings. The van der Waals surface area contributed by atoms with E-state index in [1.807, 2.05) is 36.0 Å². The van der Waals surface area contributed by atoms with Crippen LogP contribution in [0.15, 0.2) is 29.2 Å². The smallest absolute Gasteiger partial charge is 0.303 e. The van der Waals surface area contributed by atoms with Crippen molar-refractivity contribution in [1.29, 1.82) is 0 Å². The van der Waals surface area contributed by atoms with Gasteiger partial charge in [0.2, 0.25) is 5.91 Å². The molecule has 1 aromatic rings. The van der Waals surface area contributed by atoms with Gasteiger partial charge in [-0.25, -0.2) is 0 Å². The molecule has 0 spiro atoms. The van der Waals surface area contributed by atoms with Gasteiger partial charge in [0, 0.05) is 17.7 Å². The maximum absolute atomic E-state index is 12.2. The topological polar surface area (TPSA) is 66.4 Å². The standard InChI is InChI=1S/C23H37NO3S2/c1-19(2)28-17-11-7-5-3-4-6-8-15-22(25)24-20-13-9-10-14-21(20)29-18-12-16-23(26)27/h9-10,13-14,19H,3-8,11-12,15-18H2,1-2H3,(H,24,25)(H,26,27). The van der Waals surface area contributed by atoms with Crippen LogP contribution in [-0.2, 0) is 9.59 Å². The van der Waals surface area contributed by atoms with Gasteiger partial charge in [-0.2, -0.15) is 11.8 Å². The fourth-order valence-corrected chi connectivity index (χ4v) is 4.70. The molecule has 0 aromatic heterocycles. The third-order valence-electron chi connectivity index (χ3n) is 4.45. The largest absolute Gasteiger partial charge is 0.481 e. The van der Waals surface area contributed by atoms with E-state index in [9.17, 15) is 9.59 Å². The van der Waals surface area contributed by atoms with Crippen molar-refractivity contribution in [1.82, 2.24) is 0 Å². The van der Waals surface area contributed by atoms with E-state index in [1.165, 1.54) is 37.9 Å². The van der Waals surface area contributed by atoms with Gasteiger partial charge in [0.1, 0.15) is 0 Å². The van der Waals surface area contributed by atoms with Crippen molar-refractivity contribution >= 4 is 41.1 Å². The lowest BCUT2D eigenvalue weighted by Crippen LogP contribution is -2.11. The summed E-state index contributed by atoms with van der Waals surface area (Å²) >= 11 is 3.64. The predicted molar refractivity (Wildman–Crippen MR) is 127 cm³/mol. The lowest BCUT2D eigenvalue weighted by molar-refractivity contribution is -0.137. The number of carbonyl (C=O) groups excluding carboxylic acids is 1. The Morgan fingerprint density at radius 3 is 2.24 bits per heavy atom. The summed E-state index contributed by atoms with van der Waals surface area (Å²) in [6.07, 6.45) is 9.82. The number of unbranched alkanes of at least 4 members (excludes halogenated alkanes) is 6. The second-order valence-corrected chi connectivity index (χ2v) is 10.4. The number of benzene rings is 1. The van der Waals surface area contributed by atoms with E-state index in [1.54, 1.807) is 11.8 Å².